The van der Waals surface area contributed by atoms with Gasteiger partial charge in [0, 0.05) is 11.1 Å². The second-order valence-electron chi connectivity index (χ2n) is 14.2. The number of Topliss-reactive ketones (excluding diaryl/α,β-unsaturated/α-hetero) is 1. The molecule has 2 aliphatic rings. The molecule has 0 radical (unpaired) electrons. The van der Waals surface area contributed by atoms with Crippen LogP contribution in [0.2, 0.25) is 0 Å². The van der Waals surface area contributed by atoms with Crippen LogP contribution in [0.1, 0.15) is 72.9 Å². The molecule has 0 bridgehead atoms. The van der Waals surface area contributed by atoms with Gasteiger partial charge in [-0.3, -0.25) is 9.59 Å². The topological polar surface area (TPSA) is 97.0 Å². The largest absolute Gasteiger partial charge is 0.481 e. The molecule has 2 N–H and O–H groups in total. The third-order valence-electron chi connectivity index (χ3n) is 8.90. The van der Waals surface area contributed by atoms with Gasteiger partial charge in [0.1, 0.15) is 17.7 Å². The van der Waals surface area contributed by atoms with Gasteiger partial charge >= 0.3 is 13.1 Å². The van der Waals surface area contributed by atoms with E-state index in [9.17, 15) is 23.2 Å². The molecule has 0 unspecified atom stereocenters. The Bertz CT molecular complexity index is 1440. The van der Waals surface area contributed by atoms with Gasteiger partial charge in [0.15, 0.2) is 5.78 Å². The van der Waals surface area contributed by atoms with Gasteiger partial charge in [0.25, 0.3) is 0 Å². The average molecular weight is 650 g/mol. The fourth-order valence-corrected chi connectivity index (χ4v) is 5.53. The number of carbonyl (C=O) groups excluding carboxylic acids is 3. The van der Waals surface area contributed by atoms with Crippen LogP contribution in [-0.4, -0.2) is 66.0 Å². The molecule has 252 valence electrons. The zero-order chi connectivity index (χ0) is 34.7. The lowest BCUT2D eigenvalue weighted by Gasteiger charge is -2.33. The summed E-state index contributed by atoms with van der Waals surface area (Å²) in [6, 6.07) is 9.93. The number of rotatable bonds is 9. The second-order valence-corrected chi connectivity index (χ2v) is 14.2. The zero-order valence-corrected chi connectivity index (χ0v) is 28.5. The van der Waals surface area contributed by atoms with Crippen LogP contribution in [0.4, 0.5) is 13.6 Å². The van der Waals surface area contributed by atoms with Gasteiger partial charge in [0.2, 0.25) is 5.91 Å². The number of hydrogen-bond donors (Lipinski definition) is 2. The molecule has 2 fully saturated rings. The first-order chi connectivity index (χ1) is 22.0. The van der Waals surface area contributed by atoms with E-state index in [-0.39, 0.29) is 36.6 Å². The number of halogens is 2. The molecule has 2 atom stereocenters. The quantitative estimate of drug-likeness (QED) is 0.249. The third kappa shape index (κ3) is 8.96. The van der Waals surface area contributed by atoms with E-state index in [0.29, 0.717) is 28.7 Å². The van der Waals surface area contributed by atoms with E-state index in [2.05, 4.69) is 24.5 Å². The lowest BCUT2D eigenvalue weighted by atomic mass is 9.73. The van der Waals surface area contributed by atoms with Gasteiger partial charge in [-0.25, -0.2) is 13.6 Å². The minimum absolute atomic E-state index is 0.0286. The van der Waals surface area contributed by atoms with Gasteiger partial charge in [-0.05, 0) is 93.5 Å². The van der Waals surface area contributed by atoms with Crippen molar-refractivity contribution in [1.82, 2.24) is 15.5 Å². The van der Waals surface area contributed by atoms with Crippen molar-refractivity contribution in [2.75, 3.05) is 13.1 Å². The molecule has 11 heteroatoms. The first-order valence-electron chi connectivity index (χ1n) is 16.1. The summed E-state index contributed by atoms with van der Waals surface area (Å²) in [6.07, 6.45) is 3.84. The number of urea groups is 1. The number of likely N-dealkylation sites (tertiary alicyclic amines) is 1. The molecule has 0 aliphatic carbocycles. The fraction of sp³-hybridized carbons (Fsp3) is 0.472. The molecule has 2 saturated heterocycles. The molecule has 47 heavy (non-hydrogen) atoms. The van der Waals surface area contributed by atoms with E-state index in [0.717, 1.165) is 0 Å². The number of ketones is 1. The Balaban J connectivity index is 1.57. The van der Waals surface area contributed by atoms with Crippen molar-refractivity contribution in [2.24, 2.45) is 11.8 Å². The predicted molar refractivity (Wildman–Crippen MR) is 180 cm³/mol. The third-order valence-corrected chi connectivity index (χ3v) is 8.90. The minimum Gasteiger partial charge on any atom is -0.402 e. The summed E-state index contributed by atoms with van der Waals surface area (Å²) in [6.45, 7) is 15.6. The molecule has 0 saturated carbocycles. The Hall–Kier alpha value is -3.83. The summed E-state index contributed by atoms with van der Waals surface area (Å²) in [5, 5.41) is 5.99. The van der Waals surface area contributed by atoms with Crippen LogP contribution in [0.5, 0.6) is 0 Å². The van der Waals surface area contributed by atoms with Crippen molar-refractivity contribution in [3.63, 3.8) is 0 Å². The molecule has 2 heterocycles. The molecule has 2 aromatic carbocycles. The highest BCUT2D eigenvalue weighted by molar-refractivity contribution is 6.48. The van der Waals surface area contributed by atoms with Gasteiger partial charge < -0.3 is 24.8 Å². The monoisotopic (exact) mass is 649 g/mol. The lowest BCUT2D eigenvalue weighted by Crippen LogP contribution is -2.58. The molecule has 4 rings (SSSR count). The Labute approximate surface area is 277 Å². The van der Waals surface area contributed by atoms with Crippen LogP contribution in [0.3, 0.4) is 0 Å². The summed E-state index contributed by atoms with van der Waals surface area (Å²) in [5.41, 5.74) is 0.665. The summed E-state index contributed by atoms with van der Waals surface area (Å²) in [7, 11) is -0.665. The number of carbonyl (C=O) groups is 3. The zero-order valence-electron chi connectivity index (χ0n) is 28.5. The SMILES string of the molecule is CC(C)C[C@H](NC(=O)[C@@H](NC(=O)N1C/C(=C\c2ccc(F)cc2)C(=O)/C(=C/c2ccc(F)cc2)C1)C(C)C)B1OC(C)(C)C(C)(C)O1. The standard InChI is InChI=1S/C36H46BF2N3O5/c1-22(2)17-30(37-46-35(5,6)36(7,8)47-37)40-33(44)31(23(3)4)41-34(45)42-20-26(18-24-9-13-28(38)14-10-24)32(43)27(21-42)19-25-11-15-29(39)16-12-25/h9-16,18-19,22-23,30-31H,17,20-21H2,1-8H3,(H,40,44)(H,41,45)/b26-18+,27-19+/t30-,31-/m0/s1. The van der Waals surface area contributed by atoms with E-state index in [1.165, 1.54) is 29.2 Å². The highest BCUT2D eigenvalue weighted by atomic mass is 19.1. The smallest absolute Gasteiger partial charge is 0.402 e. The maximum Gasteiger partial charge on any atom is 0.481 e. The van der Waals surface area contributed by atoms with E-state index in [4.69, 9.17) is 9.31 Å². The van der Waals surface area contributed by atoms with Crippen molar-refractivity contribution in [2.45, 2.75) is 85.0 Å². The van der Waals surface area contributed by atoms with Crippen molar-refractivity contribution in [1.29, 1.82) is 0 Å². The number of amides is 3. The summed E-state index contributed by atoms with van der Waals surface area (Å²) >= 11 is 0. The first-order valence-corrected chi connectivity index (χ1v) is 16.1. The normalized spacial score (nSPS) is 20.6. The van der Waals surface area contributed by atoms with E-state index < -0.39 is 48.0 Å². The lowest BCUT2D eigenvalue weighted by molar-refractivity contribution is -0.124. The molecule has 8 nitrogen and oxygen atoms in total. The Morgan fingerprint density at radius 2 is 1.28 bits per heavy atom. The average Bonchev–Trinajstić information content (AvgIpc) is 3.21. The van der Waals surface area contributed by atoms with Gasteiger partial charge in [-0.15, -0.1) is 0 Å². The highest BCUT2D eigenvalue weighted by Gasteiger charge is 2.54. The number of nitrogens with zero attached hydrogens (tertiary/aromatic N) is 1. The van der Waals surface area contributed by atoms with Crippen LogP contribution in [0.15, 0.2) is 59.7 Å². The minimum atomic E-state index is -0.897. The number of nitrogens with one attached hydrogen (secondary N) is 2. The summed E-state index contributed by atoms with van der Waals surface area (Å²) < 4.78 is 39.7. The molecule has 2 aliphatic heterocycles. The predicted octanol–water partition coefficient (Wildman–Crippen LogP) is 6.21. The first kappa shape index (κ1) is 36.0. The number of benzene rings is 2. The van der Waals surface area contributed by atoms with Crippen LogP contribution < -0.4 is 10.6 Å². The highest BCUT2D eigenvalue weighted by Crippen LogP contribution is 2.38. The number of hydrogen-bond acceptors (Lipinski definition) is 5. The molecule has 0 spiro atoms. The summed E-state index contributed by atoms with van der Waals surface area (Å²) in [5.74, 6) is -1.96. The van der Waals surface area contributed by atoms with Crippen LogP contribution in [-0.2, 0) is 18.9 Å². The van der Waals surface area contributed by atoms with E-state index in [1.807, 2.05) is 41.5 Å². The summed E-state index contributed by atoms with van der Waals surface area (Å²) in [4.78, 5) is 42.6. The number of piperidine rings is 1. The van der Waals surface area contributed by atoms with Crippen LogP contribution in [0.25, 0.3) is 12.2 Å². The van der Waals surface area contributed by atoms with Gasteiger partial charge in [-0.1, -0.05) is 52.0 Å². The van der Waals surface area contributed by atoms with Crippen molar-refractivity contribution in [3.05, 3.63) is 82.4 Å². The maximum absolute atomic E-state index is 13.8. The molecule has 2 aromatic rings. The fourth-order valence-electron chi connectivity index (χ4n) is 5.53. The molecule has 3 amide bonds. The van der Waals surface area contributed by atoms with Crippen LogP contribution >= 0.6 is 0 Å². The Morgan fingerprint density at radius 1 is 0.830 bits per heavy atom. The Kier molecular flexibility index (Phi) is 11.1. The Morgan fingerprint density at radius 3 is 1.68 bits per heavy atom. The molecular weight excluding hydrogens is 603 g/mol. The molecule has 0 aromatic heterocycles. The van der Waals surface area contributed by atoms with Crippen molar-refractivity contribution < 1.29 is 32.5 Å². The van der Waals surface area contributed by atoms with E-state index >= 15 is 0 Å². The van der Waals surface area contributed by atoms with Gasteiger partial charge in [0.05, 0.1) is 30.2 Å². The van der Waals surface area contributed by atoms with E-state index in [1.54, 1.807) is 36.4 Å². The maximum atomic E-state index is 13.8. The molecular formula is C36H46BF2N3O5. The van der Waals surface area contributed by atoms with Crippen molar-refractivity contribution >= 4 is 37.0 Å². The second kappa shape index (κ2) is 14.5. The van der Waals surface area contributed by atoms with Gasteiger partial charge in [-0.2, -0.15) is 0 Å². The van der Waals surface area contributed by atoms with Crippen LogP contribution in [0, 0.1) is 23.5 Å². The van der Waals surface area contributed by atoms with Crippen molar-refractivity contribution in [3.8, 4) is 0 Å².